The van der Waals surface area contributed by atoms with Crippen LogP contribution in [0.1, 0.15) is 5.56 Å². The predicted molar refractivity (Wildman–Crippen MR) is 86.8 cm³/mol. The van der Waals surface area contributed by atoms with Gasteiger partial charge in [-0.05, 0) is 18.2 Å². The summed E-state index contributed by atoms with van der Waals surface area (Å²) < 4.78 is 13.0. The zero-order chi connectivity index (χ0) is 15.6. The summed E-state index contributed by atoms with van der Waals surface area (Å²) in [6.07, 6.45) is 0. The van der Waals surface area contributed by atoms with Gasteiger partial charge in [0.15, 0.2) is 0 Å². The quantitative estimate of drug-likeness (QED) is 0.488. The summed E-state index contributed by atoms with van der Waals surface area (Å²) in [5, 5.41) is 11.3. The van der Waals surface area contributed by atoms with Gasteiger partial charge >= 0.3 is 0 Å². The molecule has 0 aliphatic heterocycles. The van der Waals surface area contributed by atoms with Crippen LogP contribution in [0.25, 0.3) is 0 Å². The highest BCUT2D eigenvalue weighted by molar-refractivity contribution is 9.10. The number of nitro groups is 1. The van der Waals surface area contributed by atoms with Gasteiger partial charge < -0.3 is 5.73 Å². The highest BCUT2D eigenvalue weighted by Gasteiger charge is 2.19. The second kappa shape index (κ2) is 6.55. The Balaban J connectivity index is 2.39. The van der Waals surface area contributed by atoms with Crippen molar-refractivity contribution in [2.24, 2.45) is 0 Å². The van der Waals surface area contributed by atoms with Crippen LogP contribution in [0.3, 0.4) is 0 Å². The first-order valence-corrected chi connectivity index (χ1v) is 8.24. The lowest BCUT2D eigenvalue weighted by atomic mass is 10.2. The third kappa shape index (κ3) is 3.61. The minimum atomic E-state index is -1.57. The Bertz CT molecular complexity index is 719. The summed E-state index contributed by atoms with van der Waals surface area (Å²) in [4.78, 5) is 10.9. The van der Waals surface area contributed by atoms with Crippen LogP contribution in [0.15, 0.2) is 45.8 Å². The Morgan fingerprint density at radius 1 is 1.33 bits per heavy atom. The summed E-state index contributed by atoms with van der Waals surface area (Å²) in [7, 11) is -1.57. The third-order valence-electron chi connectivity index (χ3n) is 2.76. The summed E-state index contributed by atoms with van der Waals surface area (Å²) in [6, 6.07) is 9.43. The molecule has 21 heavy (non-hydrogen) atoms. The van der Waals surface area contributed by atoms with E-state index in [9.17, 15) is 14.3 Å². The van der Waals surface area contributed by atoms with Gasteiger partial charge in [0.1, 0.15) is 0 Å². The molecule has 0 spiro atoms. The molecule has 0 aliphatic rings. The van der Waals surface area contributed by atoms with Gasteiger partial charge in [-0.15, -0.1) is 0 Å². The molecule has 0 heterocycles. The molecule has 0 fully saturated rings. The lowest BCUT2D eigenvalue weighted by Crippen LogP contribution is -2.04. The number of nitrogen functional groups attached to an aromatic ring is 1. The van der Waals surface area contributed by atoms with Crippen molar-refractivity contribution in [1.82, 2.24) is 0 Å². The Morgan fingerprint density at radius 2 is 2.05 bits per heavy atom. The normalized spacial score (nSPS) is 12.1. The van der Waals surface area contributed by atoms with Crippen molar-refractivity contribution in [2.45, 2.75) is 10.6 Å². The molecule has 110 valence electrons. The smallest absolute Gasteiger partial charge is 0.274 e. The third-order valence-corrected chi connectivity index (χ3v) is 5.16. The molecule has 1 atom stereocenters. The van der Waals surface area contributed by atoms with E-state index >= 15 is 0 Å². The van der Waals surface area contributed by atoms with Gasteiger partial charge in [0.05, 0.1) is 31.4 Å². The maximum absolute atomic E-state index is 12.4. The number of nitrogens with zero attached hydrogens (tertiary/aromatic N) is 1. The van der Waals surface area contributed by atoms with E-state index in [0.29, 0.717) is 20.6 Å². The van der Waals surface area contributed by atoms with Crippen LogP contribution in [0.2, 0.25) is 5.02 Å². The fourth-order valence-corrected chi connectivity index (χ4v) is 3.88. The summed E-state index contributed by atoms with van der Waals surface area (Å²) in [5.41, 5.74) is 6.35. The number of hydrogen-bond acceptors (Lipinski definition) is 4. The molecule has 0 bridgehead atoms. The predicted octanol–water partition coefficient (Wildman–Crippen LogP) is 3.90. The minimum Gasteiger partial charge on any atom is -0.398 e. The number of rotatable bonds is 4. The fourth-order valence-electron chi connectivity index (χ4n) is 1.81. The molecule has 0 amide bonds. The lowest BCUT2D eigenvalue weighted by Gasteiger charge is -2.08. The highest BCUT2D eigenvalue weighted by Crippen LogP contribution is 2.30. The standard InChI is InChI=1S/C13H10BrClN2O3S/c14-9-5-4-8(12(6-9)17(18)19)7-21(20)13-10(15)2-1-3-11(13)16/h1-6H,7,16H2. The molecule has 0 aromatic heterocycles. The van der Waals surface area contributed by atoms with E-state index in [1.165, 1.54) is 6.07 Å². The van der Waals surface area contributed by atoms with Crippen LogP contribution < -0.4 is 5.73 Å². The molecular weight excluding hydrogens is 380 g/mol. The van der Waals surface area contributed by atoms with Gasteiger partial charge in [0.25, 0.3) is 5.69 Å². The van der Waals surface area contributed by atoms with Crippen molar-refractivity contribution < 1.29 is 9.13 Å². The largest absolute Gasteiger partial charge is 0.398 e. The van der Waals surface area contributed by atoms with E-state index in [1.807, 2.05) is 0 Å². The van der Waals surface area contributed by atoms with Crippen LogP contribution in [0.5, 0.6) is 0 Å². The highest BCUT2D eigenvalue weighted by atomic mass is 79.9. The molecule has 2 aromatic rings. The summed E-state index contributed by atoms with van der Waals surface area (Å²) >= 11 is 9.18. The molecule has 8 heteroatoms. The van der Waals surface area contributed by atoms with Crippen molar-refractivity contribution >= 4 is 49.7 Å². The maximum Gasteiger partial charge on any atom is 0.274 e. The monoisotopic (exact) mass is 388 g/mol. The van der Waals surface area contributed by atoms with Crippen molar-refractivity contribution in [3.05, 3.63) is 61.6 Å². The van der Waals surface area contributed by atoms with Crippen LogP contribution in [-0.2, 0) is 16.6 Å². The molecular formula is C13H10BrClN2O3S. The van der Waals surface area contributed by atoms with Gasteiger partial charge in [-0.1, -0.05) is 39.7 Å². The van der Waals surface area contributed by atoms with Crippen molar-refractivity contribution in [3.8, 4) is 0 Å². The lowest BCUT2D eigenvalue weighted by molar-refractivity contribution is -0.385. The van der Waals surface area contributed by atoms with E-state index in [-0.39, 0.29) is 16.5 Å². The zero-order valence-corrected chi connectivity index (χ0v) is 13.7. The van der Waals surface area contributed by atoms with Gasteiger partial charge in [0, 0.05) is 21.8 Å². The second-order valence-electron chi connectivity index (χ2n) is 4.18. The van der Waals surface area contributed by atoms with Crippen LogP contribution >= 0.6 is 27.5 Å². The van der Waals surface area contributed by atoms with Gasteiger partial charge in [-0.25, -0.2) is 0 Å². The Hall–Kier alpha value is -1.44. The molecule has 5 nitrogen and oxygen atoms in total. The van der Waals surface area contributed by atoms with Crippen molar-refractivity contribution in [3.63, 3.8) is 0 Å². The first-order chi connectivity index (χ1) is 9.90. The maximum atomic E-state index is 12.4. The second-order valence-corrected chi connectivity index (χ2v) is 6.89. The molecule has 1 unspecified atom stereocenters. The first-order valence-electron chi connectivity index (χ1n) is 5.75. The molecule has 0 aliphatic carbocycles. The molecule has 0 saturated heterocycles. The van der Waals surface area contributed by atoms with Crippen molar-refractivity contribution in [1.29, 1.82) is 0 Å². The number of benzene rings is 2. The Kier molecular flexibility index (Phi) is 4.97. The van der Waals surface area contributed by atoms with E-state index in [0.717, 1.165) is 0 Å². The molecule has 2 N–H and O–H groups in total. The van der Waals surface area contributed by atoms with Crippen LogP contribution in [0.4, 0.5) is 11.4 Å². The Labute approximate surface area is 136 Å². The summed E-state index contributed by atoms with van der Waals surface area (Å²) in [6.45, 7) is 0. The first kappa shape index (κ1) is 15.9. The molecule has 0 radical (unpaired) electrons. The average molecular weight is 390 g/mol. The van der Waals surface area contributed by atoms with E-state index in [2.05, 4.69) is 15.9 Å². The topological polar surface area (TPSA) is 86.2 Å². The van der Waals surface area contributed by atoms with Crippen LogP contribution in [-0.4, -0.2) is 9.13 Å². The number of hydrogen-bond donors (Lipinski definition) is 1. The van der Waals surface area contributed by atoms with E-state index in [4.69, 9.17) is 17.3 Å². The number of halogens is 2. The molecule has 0 saturated carbocycles. The van der Waals surface area contributed by atoms with Gasteiger partial charge in [-0.2, -0.15) is 0 Å². The van der Waals surface area contributed by atoms with Gasteiger partial charge in [-0.3, -0.25) is 14.3 Å². The summed E-state index contributed by atoms with van der Waals surface area (Å²) in [5.74, 6) is -0.0302. The minimum absolute atomic E-state index is 0.0302. The fraction of sp³-hybridized carbons (Fsp3) is 0.0769. The van der Waals surface area contributed by atoms with E-state index in [1.54, 1.807) is 30.3 Å². The molecule has 2 aromatic carbocycles. The zero-order valence-electron chi connectivity index (χ0n) is 10.6. The van der Waals surface area contributed by atoms with Gasteiger partial charge in [0.2, 0.25) is 0 Å². The van der Waals surface area contributed by atoms with Crippen molar-refractivity contribution in [2.75, 3.05) is 5.73 Å². The SMILES string of the molecule is Nc1cccc(Cl)c1S(=O)Cc1ccc(Br)cc1[N+](=O)[O-]. The Morgan fingerprint density at radius 3 is 2.67 bits per heavy atom. The molecule has 2 rings (SSSR count). The van der Waals surface area contributed by atoms with Crippen LogP contribution in [0, 0.1) is 10.1 Å². The van der Waals surface area contributed by atoms with E-state index < -0.39 is 15.7 Å². The average Bonchev–Trinajstić information content (AvgIpc) is 2.40. The number of nitro benzene ring substituents is 1. The number of anilines is 1. The number of nitrogens with two attached hydrogens (primary N) is 1.